The Morgan fingerprint density at radius 1 is 1.11 bits per heavy atom. The Kier molecular flexibility index (Phi) is 7.21. The summed E-state index contributed by atoms with van der Waals surface area (Å²) in [6.07, 6.45) is 13.9. The first kappa shape index (κ1) is 25.5. The molecule has 2 heterocycles. The number of piperidine rings is 1. The van der Waals surface area contributed by atoms with Crippen LogP contribution in [0.2, 0.25) is 0 Å². The fourth-order valence-electron chi connectivity index (χ4n) is 8.43. The lowest BCUT2D eigenvalue weighted by Crippen LogP contribution is -2.61. The van der Waals surface area contributed by atoms with E-state index < -0.39 is 5.60 Å². The molecule has 1 aromatic heterocycles. The molecule has 37 heavy (non-hydrogen) atoms. The molecule has 1 aliphatic heterocycles. The standard InChI is InChI=1S/C30H43N3O3S/c1-19(34)12-20-6-5-11-33(18-20)26-10-9-25(29(31-26)37-24-7-3-2-4-8-24)28(35)32-27-22-13-21-14-23(27)17-30(36,15-21)16-22/h9-10,20-24,27,34,36H,1-8,11-18H2,(H,32,35). The van der Waals surface area contributed by atoms with Crippen molar-refractivity contribution in [2.75, 3.05) is 18.0 Å². The average Bonchev–Trinajstić information content (AvgIpc) is 2.85. The molecule has 5 aliphatic carbocycles. The second-order valence-corrected chi connectivity index (χ2v) is 14.1. The van der Waals surface area contributed by atoms with Crippen molar-refractivity contribution < 1.29 is 15.0 Å². The third kappa shape index (κ3) is 5.54. The van der Waals surface area contributed by atoms with E-state index in [2.05, 4.69) is 16.8 Å². The van der Waals surface area contributed by atoms with Crippen molar-refractivity contribution in [3.05, 3.63) is 30.0 Å². The van der Waals surface area contributed by atoms with Gasteiger partial charge in [0, 0.05) is 30.8 Å². The molecule has 6 fully saturated rings. The molecule has 3 atom stereocenters. The number of carbonyl (C=O) groups excluding carboxylic acids is 1. The van der Waals surface area contributed by atoms with E-state index in [9.17, 15) is 15.0 Å². The first-order valence-electron chi connectivity index (χ1n) is 14.7. The van der Waals surface area contributed by atoms with Crippen molar-refractivity contribution in [3.8, 4) is 0 Å². The molecule has 1 saturated heterocycles. The third-order valence-corrected chi connectivity index (χ3v) is 11.2. The third-order valence-electron chi connectivity index (χ3n) is 9.83. The predicted octanol–water partition coefficient (Wildman–Crippen LogP) is 5.85. The second-order valence-electron chi connectivity index (χ2n) is 12.8. The monoisotopic (exact) mass is 525 g/mol. The molecule has 7 heteroatoms. The van der Waals surface area contributed by atoms with Gasteiger partial charge in [-0.3, -0.25) is 4.79 Å². The van der Waals surface area contributed by atoms with Crippen LogP contribution in [0.4, 0.5) is 5.82 Å². The van der Waals surface area contributed by atoms with Gasteiger partial charge in [0.15, 0.2) is 0 Å². The van der Waals surface area contributed by atoms with Crippen molar-refractivity contribution >= 4 is 23.5 Å². The number of carbonyl (C=O) groups is 1. The van der Waals surface area contributed by atoms with E-state index in [-0.39, 0.29) is 17.7 Å². The normalized spacial score (nSPS) is 35.5. The highest BCUT2D eigenvalue weighted by Gasteiger charge is 2.55. The molecule has 1 amide bonds. The summed E-state index contributed by atoms with van der Waals surface area (Å²) in [4.78, 5) is 21.2. The van der Waals surface area contributed by atoms with E-state index in [1.54, 1.807) is 11.8 Å². The molecule has 0 spiro atoms. The Morgan fingerprint density at radius 2 is 1.86 bits per heavy atom. The molecule has 6 aliphatic rings. The number of anilines is 1. The summed E-state index contributed by atoms with van der Waals surface area (Å²) in [5.41, 5.74) is 0.224. The summed E-state index contributed by atoms with van der Waals surface area (Å²) in [6, 6.07) is 4.20. The highest BCUT2D eigenvalue weighted by molar-refractivity contribution is 7.99. The number of pyridine rings is 1. The number of hydrogen-bond acceptors (Lipinski definition) is 6. The molecule has 6 nitrogen and oxygen atoms in total. The van der Waals surface area contributed by atoms with Crippen LogP contribution in [-0.2, 0) is 0 Å². The minimum Gasteiger partial charge on any atom is -0.513 e. The number of amides is 1. The smallest absolute Gasteiger partial charge is 0.254 e. The summed E-state index contributed by atoms with van der Waals surface area (Å²) in [6.45, 7) is 5.51. The lowest BCUT2D eigenvalue weighted by molar-refractivity contribution is -0.136. The number of nitrogens with one attached hydrogen (secondary N) is 1. The van der Waals surface area contributed by atoms with Gasteiger partial charge < -0.3 is 20.4 Å². The highest BCUT2D eigenvalue weighted by Crippen LogP contribution is 2.55. The molecular weight excluding hydrogens is 482 g/mol. The van der Waals surface area contributed by atoms with Gasteiger partial charge >= 0.3 is 0 Å². The fraction of sp³-hybridized carbons (Fsp3) is 0.733. The number of aliphatic hydroxyl groups is 2. The molecule has 4 bridgehead atoms. The molecular formula is C30H43N3O3S. The maximum atomic E-state index is 13.8. The van der Waals surface area contributed by atoms with E-state index in [4.69, 9.17) is 4.98 Å². The molecule has 1 aromatic rings. The number of nitrogens with zero attached hydrogens (tertiary/aromatic N) is 2. The summed E-state index contributed by atoms with van der Waals surface area (Å²) >= 11 is 1.81. The van der Waals surface area contributed by atoms with Gasteiger partial charge in [0.05, 0.1) is 16.9 Å². The summed E-state index contributed by atoms with van der Waals surface area (Å²) in [7, 11) is 0. The molecule has 0 radical (unpaired) electrons. The number of aliphatic hydroxyl groups excluding tert-OH is 1. The molecule has 3 unspecified atom stereocenters. The van der Waals surface area contributed by atoms with Crippen LogP contribution in [-0.4, -0.2) is 51.1 Å². The van der Waals surface area contributed by atoms with Gasteiger partial charge in [-0.2, -0.15) is 0 Å². The van der Waals surface area contributed by atoms with Gasteiger partial charge in [0.25, 0.3) is 5.91 Å². The van der Waals surface area contributed by atoms with Crippen LogP contribution in [0.15, 0.2) is 29.5 Å². The van der Waals surface area contributed by atoms with Crippen LogP contribution in [0.5, 0.6) is 0 Å². The lowest BCUT2D eigenvalue weighted by Gasteiger charge is -2.58. The Labute approximate surface area is 225 Å². The molecule has 3 N–H and O–H groups in total. The minimum atomic E-state index is -0.488. The van der Waals surface area contributed by atoms with Gasteiger partial charge in [-0.25, -0.2) is 4.98 Å². The number of allylic oxidation sites excluding steroid dienone is 1. The Morgan fingerprint density at radius 3 is 2.57 bits per heavy atom. The van der Waals surface area contributed by atoms with E-state index >= 15 is 0 Å². The van der Waals surface area contributed by atoms with Crippen molar-refractivity contribution in [1.29, 1.82) is 0 Å². The van der Waals surface area contributed by atoms with E-state index in [1.807, 2.05) is 12.1 Å². The highest BCUT2D eigenvalue weighted by atomic mass is 32.2. The topological polar surface area (TPSA) is 85.7 Å². The van der Waals surface area contributed by atoms with Gasteiger partial charge in [0.1, 0.15) is 10.8 Å². The molecule has 0 aromatic carbocycles. The maximum absolute atomic E-state index is 13.8. The number of thioether (sulfide) groups is 1. The summed E-state index contributed by atoms with van der Waals surface area (Å²) in [5, 5.41) is 25.5. The number of rotatable bonds is 7. The second kappa shape index (κ2) is 10.4. The van der Waals surface area contributed by atoms with Gasteiger partial charge in [-0.1, -0.05) is 25.8 Å². The molecule has 7 rings (SSSR count). The Balaban J connectivity index is 1.22. The fourth-order valence-corrected chi connectivity index (χ4v) is 9.75. The molecule has 5 saturated carbocycles. The zero-order chi connectivity index (χ0) is 25.6. The lowest BCUT2D eigenvalue weighted by atomic mass is 9.52. The first-order valence-corrected chi connectivity index (χ1v) is 15.6. The number of aromatic nitrogens is 1. The van der Waals surface area contributed by atoms with Crippen LogP contribution < -0.4 is 10.2 Å². The van der Waals surface area contributed by atoms with Crippen molar-refractivity contribution in [2.45, 2.75) is 105 Å². The van der Waals surface area contributed by atoms with Crippen molar-refractivity contribution in [1.82, 2.24) is 10.3 Å². The predicted molar refractivity (Wildman–Crippen MR) is 148 cm³/mol. The van der Waals surface area contributed by atoms with Crippen LogP contribution >= 0.6 is 11.8 Å². The maximum Gasteiger partial charge on any atom is 0.254 e. The largest absolute Gasteiger partial charge is 0.513 e. The van der Waals surface area contributed by atoms with Crippen molar-refractivity contribution in [2.24, 2.45) is 23.7 Å². The average molecular weight is 526 g/mol. The van der Waals surface area contributed by atoms with Gasteiger partial charge in [-0.15, -0.1) is 11.8 Å². The van der Waals surface area contributed by atoms with Crippen LogP contribution in [0.1, 0.15) is 93.8 Å². The van der Waals surface area contributed by atoms with E-state index in [0.717, 1.165) is 68.9 Å². The van der Waals surface area contributed by atoms with Gasteiger partial charge in [0.2, 0.25) is 0 Å². The first-order chi connectivity index (χ1) is 17.8. The van der Waals surface area contributed by atoms with Crippen molar-refractivity contribution in [3.63, 3.8) is 0 Å². The molecule has 202 valence electrons. The summed E-state index contributed by atoms with van der Waals surface area (Å²) < 4.78 is 0. The zero-order valence-electron chi connectivity index (χ0n) is 22.0. The Bertz CT molecular complexity index is 1010. The van der Waals surface area contributed by atoms with Crippen LogP contribution in [0.3, 0.4) is 0 Å². The number of hydrogen-bond donors (Lipinski definition) is 3. The zero-order valence-corrected chi connectivity index (χ0v) is 22.9. The Hall–Kier alpha value is -1.73. The SMILES string of the molecule is C=C(O)CC1CCCN(c2ccc(C(=O)NC3C4CC5CC3CC(O)(C5)C4)c(SC3CCCCC3)n2)C1. The minimum absolute atomic E-state index is 0.00919. The van der Waals surface area contributed by atoms with E-state index in [1.165, 1.54) is 32.1 Å². The quantitative estimate of drug-likeness (QED) is 0.387. The van der Waals surface area contributed by atoms with Crippen LogP contribution in [0.25, 0.3) is 0 Å². The van der Waals surface area contributed by atoms with Gasteiger partial charge in [-0.05, 0) is 93.6 Å². The van der Waals surface area contributed by atoms with Crippen LogP contribution in [0, 0.1) is 23.7 Å². The van der Waals surface area contributed by atoms with E-state index in [0.29, 0.717) is 40.9 Å². The summed E-state index contributed by atoms with van der Waals surface area (Å²) in [5.74, 6) is 3.02.